The number of ether oxygens (including phenoxy) is 1. The maximum Gasteiger partial charge on any atom is 0.258 e. The number of carbonyl (C=O) groups excluding carboxylic acids is 2. The monoisotopic (exact) mass is 596 g/mol. The molecule has 222 valence electrons. The van der Waals surface area contributed by atoms with Gasteiger partial charge in [-0.2, -0.15) is 0 Å². The van der Waals surface area contributed by atoms with Crippen molar-refractivity contribution in [2.24, 2.45) is 5.41 Å². The highest BCUT2D eigenvalue weighted by Crippen LogP contribution is 2.42. The van der Waals surface area contributed by atoms with Crippen LogP contribution >= 0.6 is 11.3 Å². The summed E-state index contributed by atoms with van der Waals surface area (Å²) in [6.07, 6.45) is 6.83. The topological polar surface area (TPSA) is 114 Å². The number of rotatable bonds is 3. The molecule has 2 saturated heterocycles. The summed E-state index contributed by atoms with van der Waals surface area (Å²) in [5.74, 6) is 0.886. The Morgan fingerprint density at radius 3 is 2.51 bits per heavy atom. The van der Waals surface area contributed by atoms with Gasteiger partial charge >= 0.3 is 0 Å². The summed E-state index contributed by atoms with van der Waals surface area (Å²) in [7, 11) is 0. The molecule has 10 heteroatoms. The van der Waals surface area contributed by atoms with E-state index in [-0.39, 0.29) is 11.8 Å². The molecule has 0 saturated carbocycles. The Morgan fingerprint density at radius 1 is 1.05 bits per heavy atom. The fourth-order valence-corrected chi connectivity index (χ4v) is 6.92. The number of amides is 2. The zero-order valence-electron chi connectivity index (χ0n) is 24.5. The molecule has 3 aromatic heterocycles. The Bertz CT molecular complexity index is 1600. The van der Waals surface area contributed by atoms with Crippen molar-refractivity contribution in [3.8, 4) is 10.6 Å². The molecule has 2 fully saturated rings. The lowest BCUT2D eigenvalue weighted by Gasteiger charge is -2.52. The van der Waals surface area contributed by atoms with Gasteiger partial charge in [0.25, 0.3) is 5.91 Å². The number of hydrogen-bond donors (Lipinski definition) is 2. The van der Waals surface area contributed by atoms with E-state index in [4.69, 9.17) is 10.5 Å². The lowest BCUT2D eigenvalue weighted by molar-refractivity contribution is -0.114. The van der Waals surface area contributed by atoms with E-state index < -0.39 is 0 Å². The predicted molar refractivity (Wildman–Crippen MR) is 172 cm³/mol. The third-order valence-electron chi connectivity index (χ3n) is 8.25. The van der Waals surface area contributed by atoms with Crippen LogP contribution in [0.2, 0.25) is 0 Å². The Kier molecular flexibility index (Phi) is 8.14. The lowest BCUT2D eigenvalue weighted by Crippen LogP contribution is -2.58. The number of aromatic nitrogens is 2. The van der Waals surface area contributed by atoms with Gasteiger partial charge in [-0.15, -0.1) is 11.3 Å². The van der Waals surface area contributed by atoms with Crippen LogP contribution in [-0.2, 0) is 16.0 Å². The molecule has 0 radical (unpaired) electrons. The molecule has 0 aliphatic carbocycles. The van der Waals surface area contributed by atoms with Gasteiger partial charge in [-0.25, -0.2) is 4.98 Å². The summed E-state index contributed by atoms with van der Waals surface area (Å²) >= 11 is 1.50. The summed E-state index contributed by atoms with van der Waals surface area (Å²) in [4.78, 5) is 38.5. The number of nitrogens with zero attached hydrogens (tertiary/aromatic N) is 4. The highest BCUT2D eigenvalue weighted by Gasteiger charge is 2.44. The minimum absolute atomic E-state index is 0.0956. The number of aryl methyl sites for hydroxylation is 1. The van der Waals surface area contributed by atoms with E-state index in [1.54, 1.807) is 35.4 Å². The highest BCUT2D eigenvalue weighted by atomic mass is 32.1. The maximum absolute atomic E-state index is 13.2. The zero-order chi connectivity index (χ0) is 30.0. The standard InChI is InChI=1S/C20H18N4O2S.C13H18N2O/c1-12(25)23-15-6-4-13(5-7-15)20(26)24-10-8-14-11-17(21)27-19(14)18-16(24)3-2-9-22-18;1-11-2-3-12(14-8-11)15-9-13(10-15)4-6-16-7-5-13/h2-7,9,11H,8,10,21H2,1H3,(H,23,25);2-3,8H,4-7,9-10H2,1H3. The summed E-state index contributed by atoms with van der Waals surface area (Å²) in [6, 6.07) is 16.9. The summed E-state index contributed by atoms with van der Waals surface area (Å²) in [5, 5.41) is 3.46. The van der Waals surface area contributed by atoms with Crippen LogP contribution < -0.4 is 20.9 Å². The molecule has 43 heavy (non-hydrogen) atoms. The van der Waals surface area contributed by atoms with E-state index in [0.29, 0.717) is 23.2 Å². The van der Waals surface area contributed by atoms with Crippen molar-refractivity contribution in [2.75, 3.05) is 53.7 Å². The second-order valence-electron chi connectivity index (χ2n) is 11.5. The summed E-state index contributed by atoms with van der Waals surface area (Å²) in [5.41, 5.74) is 11.7. The van der Waals surface area contributed by atoms with E-state index >= 15 is 0 Å². The van der Waals surface area contributed by atoms with Gasteiger partial charge in [0.05, 0.1) is 15.6 Å². The average Bonchev–Trinajstić information content (AvgIpc) is 3.30. The van der Waals surface area contributed by atoms with E-state index in [2.05, 4.69) is 39.2 Å². The first-order valence-corrected chi connectivity index (χ1v) is 15.4. The van der Waals surface area contributed by atoms with Crippen LogP contribution in [0.3, 0.4) is 0 Å². The summed E-state index contributed by atoms with van der Waals surface area (Å²) in [6.45, 7) is 8.27. The molecular weight excluding hydrogens is 560 g/mol. The first-order chi connectivity index (χ1) is 20.8. The van der Waals surface area contributed by atoms with E-state index in [1.807, 2.05) is 24.4 Å². The molecule has 3 aliphatic heterocycles. The fraction of sp³-hybridized carbons (Fsp3) is 0.333. The molecule has 2 amide bonds. The highest BCUT2D eigenvalue weighted by molar-refractivity contribution is 7.19. The van der Waals surface area contributed by atoms with Gasteiger partial charge in [0.1, 0.15) is 11.5 Å². The average molecular weight is 597 g/mol. The minimum atomic E-state index is -0.146. The van der Waals surface area contributed by atoms with Crippen molar-refractivity contribution in [1.82, 2.24) is 9.97 Å². The number of fused-ring (bicyclic) bond motifs is 3. The van der Waals surface area contributed by atoms with Gasteiger partial charge in [-0.05, 0) is 85.8 Å². The van der Waals surface area contributed by atoms with Crippen LogP contribution in [0.1, 0.15) is 41.3 Å². The molecule has 7 rings (SSSR count). The minimum Gasteiger partial charge on any atom is -0.391 e. The lowest BCUT2D eigenvalue weighted by atomic mass is 9.73. The predicted octanol–water partition coefficient (Wildman–Crippen LogP) is 5.56. The van der Waals surface area contributed by atoms with E-state index in [0.717, 1.165) is 65.4 Å². The van der Waals surface area contributed by atoms with Gasteiger partial charge < -0.3 is 25.6 Å². The molecule has 4 aromatic rings. The number of thiophene rings is 1. The number of nitrogens with one attached hydrogen (secondary N) is 1. The van der Waals surface area contributed by atoms with Crippen molar-refractivity contribution >= 4 is 45.3 Å². The molecule has 3 N–H and O–H groups in total. The van der Waals surface area contributed by atoms with Gasteiger partial charge in [0.15, 0.2) is 0 Å². The molecule has 0 atom stereocenters. The van der Waals surface area contributed by atoms with Crippen molar-refractivity contribution in [3.05, 3.63) is 83.7 Å². The zero-order valence-corrected chi connectivity index (χ0v) is 25.3. The second kappa shape index (κ2) is 12.1. The Balaban J connectivity index is 0.000000174. The Morgan fingerprint density at radius 2 is 1.81 bits per heavy atom. The van der Waals surface area contributed by atoms with Gasteiger partial charge in [0.2, 0.25) is 5.91 Å². The van der Waals surface area contributed by atoms with Crippen LogP contribution in [-0.4, -0.2) is 54.6 Å². The number of pyridine rings is 2. The van der Waals surface area contributed by atoms with Crippen LogP contribution in [0, 0.1) is 12.3 Å². The quantitative estimate of drug-likeness (QED) is 0.318. The first kappa shape index (κ1) is 28.8. The largest absolute Gasteiger partial charge is 0.391 e. The normalized spacial score (nSPS) is 16.6. The van der Waals surface area contributed by atoms with E-state index in [9.17, 15) is 9.59 Å². The number of hydrogen-bond acceptors (Lipinski definition) is 8. The molecule has 1 spiro atoms. The fourth-order valence-electron chi connectivity index (χ4n) is 5.94. The first-order valence-electron chi connectivity index (χ1n) is 14.6. The number of carbonyl (C=O) groups is 2. The van der Waals surface area contributed by atoms with Gasteiger partial charge in [0, 0.05) is 68.8 Å². The van der Waals surface area contributed by atoms with Crippen LogP contribution in [0.15, 0.2) is 67.0 Å². The molecule has 0 bridgehead atoms. The third kappa shape index (κ3) is 6.25. The van der Waals surface area contributed by atoms with Crippen molar-refractivity contribution in [3.63, 3.8) is 0 Å². The SMILES string of the molecule is CC(=O)Nc1ccc(C(=O)N2CCc3cc(N)sc3-c3ncccc32)cc1.Cc1ccc(N2CC3(CCOCC3)C2)nc1. The molecule has 0 unspecified atom stereocenters. The molecular formula is C33H36N6O3S. The van der Waals surface area contributed by atoms with Crippen molar-refractivity contribution < 1.29 is 14.3 Å². The maximum atomic E-state index is 13.2. The Labute approximate surface area is 255 Å². The molecule has 6 heterocycles. The van der Waals surface area contributed by atoms with E-state index in [1.165, 1.54) is 36.7 Å². The Hall–Kier alpha value is -4.28. The van der Waals surface area contributed by atoms with Crippen molar-refractivity contribution in [1.29, 1.82) is 0 Å². The molecule has 1 aromatic carbocycles. The van der Waals surface area contributed by atoms with Crippen molar-refractivity contribution in [2.45, 2.75) is 33.1 Å². The smallest absolute Gasteiger partial charge is 0.258 e. The van der Waals surface area contributed by atoms with Gasteiger partial charge in [-0.3, -0.25) is 14.6 Å². The summed E-state index contributed by atoms with van der Waals surface area (Å²) < 4.78 is 5.42. The molecule has 9 nitrogen and oxygen atoms in total. The number of nitrogens with two attached hydrogens (primary N) is 1. The number of nitrogen functional groups attached to an aromatic ring is 1. The number of benzene rings is 1. The van der Waals surface area contributed by atoms with Crippen LogP contribution in [0.4, 0.5) is 22.2 Å². The second-order valence-corrected chi connectivity index (χ2v) is 12.6. The number of anilines is 4. The third-order valence-corrected chi connectivity index (χ3v) is 9.26. The van der Waals surface area contributed by atoms with Crippen LogP contribution in [0.25, 0.3) is 10.6 Å². The van der Waals surface area contributed by atoms with Crippen LogP contribution in [0.5, 0.6) is 0 Å². The van der Waals surface area contributed by atoms with Gasteiger partial charge in [-0.1, -0.05) is 6.07 Å². The molecule has 3 aliphatic rings.